The molecular weight excluding hydrogens is 292 g/mol. The van der Waals surface area contributed by atoms with Crippen LogP contribution in [-0.4, -0.2) is 59.0 Å². The molecule has 0 aliphatic carbocycles. The predicted molar refractivity (Wildman–Crippen MR) is 79.6 cm³/mol. The minimum absolute atomic E-state index is 0.0156. The smallest absolute Gasteiger partial charge is 0.271 e. The highest BCUT2D eigenvalue weighted by atomic mass is 35.5. The lowest BCUT2D eigenvalue weighted by Crippen LogP contribution is -2.50. The van der Waals surface area contributed by atoms with Gasteiger partial charge in [0.2, 0.25) is 0 Å². The Labute approximate surface area is 129 Å². The van der Waals surface area contributed by atoms with E-state index >= 15 is 0 Å². The van der Waals surface area contributed by atoms with Crippen molar-refractivity contribution in [2.45, 2.75) is 31.8 Å². The van der Waals surface area contributed by atoms with Crippen LogP contribution in [0.5, 0.6) is 0 Å². The average molecular weight is 313 g/mol. The molecule has 2 aliphatic heterocycles. The van der Waals surface area contributed by atoms with E-state index in [4.69, 9.17) is 16.3 Å². The van der Waals surface area contributed by atoms with Crippen molar-refractivity contribution in [1.29, 1.82) is 0 Å². The first-order valence-electron chi connectivity index (χ1n) is 7.39. The molecule has 21 heavy (non-hydrogen) atoms. The Balaban J connectivity index is 1.71. The van der Waals surface area contributed by atoms with Crippen LogP contribution in [0.4, 0.5) is 0 Å². The third-order valence-corrected chi connectivity index (χ3v) is 4.79. The first-order valence-corrected chi connectivity index (χ1v) is 7.77. The van der Waals surface area contributed by atoms with E-state index in [9.17, 15) is 4.79 Å². The number of aromatic nitrogens is 2. The number of rotatable bonds is 3. The van der Waals surface area contributed by atoms with E-state index in [0.717, 1.165) is 13.1 Å². The SMILES string of the molecule is Cc1nn(C)c(C(=O)N[C@H]2COC[C@@H]2N2CCCC2)c1Cl. The monoisotopic (exact) mass is 312 g/mol. The van der Waals surface area contributed by atoms with Gasteiger partial charge >= 0.3 is 0 Å². The first kappa shape index (κ1) is 14.8. The van der Waals surface area contributed by atoms with Crippen LogP contribution in [0.3, 0.4) is 0 Å². The third kappa shape index (κ3) is 2.80. The van der Waals surface area contributed by atoms with Crippen LogP contribution in [0.15, 0.2) is 0 Å². The summed E-state index contributed by atoms with van der Waals surface area (Å²) in [6, 6.07) is 0.284. The molecule has 2 saturated heterocycles. The number of hydrogen-bond acceptors (Lipinski definition) is 4. The van der Waals surface area contributed by atoms with Crippen molar-refractivity contribution in [3.05, 3.63) is 16.4 Å². The summed E-state index contributed by atoms with van der Waals surface area (Å²) in [5.74, 6) is -0.178. The molecule has 2 atom stereocenters. The van der Waals surface area contributed by atoms with Gasteiger partial charge in [-0.25, -0.2) is 0 Å². The van der Waals surface area contributed by atoms with Crippen LogP contribution in [0.2, 0.25) is 5.02 Å². The van der Waals surface area contributed by atoms with Crippen molar-refractivity contribution < 1.29 is 9.53 Å². The van der Waals surface area contributed by atoms with E-state index in [1.165, 1.54) is 17.5 Å². The molecular formula is C14H21ClN4O2. The molecule has 0 bridgehead atoms. The molecule has 3 rings (SSSR count). The molecule has 0 aromatic carbocycles. The Hall–Kier alpha value is -1.11. The zero-order valence-corrected chi connectivity index (χ0v) is 13.2. The summed E-state index contributed by atoms with van der Waals surface area (Å²) in [6.07, 6.45) is 2.45. The fraction of sp³-hybridized carbons (Fsp3) is 0.714. The highest BCUT2D eigenvalue weighted by Gasteiger charge is 2.36. The molecule has 0 unspecified atom stereocenters. The number of amides is 1. The maximum absolute atomic E-state index is 12.5. The summed E-state index contributed by atoms with van der Waals surface area (Å²) < 4.78 is 7.11. The van der Waals surface area contributed by atoms with Crippen LogP contribution in [-0.2, 0) is 11.8 Å². The summed E-state index contributed by atoms with van der Waals surface area (Å²) in [7, 11) is 1.73. The zero-order chi connectivity index (χ0) is 15.0. The van der Waals surface area contributed by atoms with Crippen LogP contribution >= 0.6 is 11.6 Å². The van der Waals surface area contributed by atoms with Gasteiger partial charge < -0.3 is 10.1 Å². The molecule has 3 heterocycles. The highest BCUT2D eigenvalue weighted by Crippen LogP contribution is 2.22. The number of carbonyl (C=O) groups is 1. The molecule has 0 saturated carbocycles. The topological polar surface area (TPSA) is 59.4 Å². The first-order chi connectivity index (χ1) is 10.1. The summed E-state index contributed by atoms with van der Waals surface area (Å²) in [6.45, 7) is 5.22. The van der Waals surface area contributed by atoms with E-state index < -0.39 is 0 Å². The fourth-order valence-electron chi connectivity index (χ4n) is 3.23. The summed E-state index contributed by atoms with van der Waals surface area (Å²) in [5, 5.41) is 7.67. The largest absolute Gasteiger partial charge is 0.378 e. The molecule has 2 aliphatic rings. The van der Waals surface area contributed by atoms with Gasteiger partial charge in [-0.15, -0.1) is 0 Å². The van der Waals surface area contributed by atoms with E-state index in [1.807, 2.05) is 0 Å². The normalized spacial score (nSPS) is 26.4. The Morgan fingerprint density at radius 3 is 2.71 bits per heavy atom. The summed E-state index contributed by atoms with van der Waals surface area (Å²) in [4.78, 5) is 14.9. The van der Waals surface area contributed by atoms with Gasteiger partial charge in [-0.2, -0.15) is 5.10 Å². The standard InChI is InChI=1S/C14H21ClN4O2/c1-9-12(15)13(18(2)17-9)14(20)16-10-7-21-8-11(10)19-5-3-4-6-19/h10-11H,3-8H2,1-2H3,(H,16,20)/t10-,11-/m0/s1. The predicted octanol–water partition coefficient (Wildman–Crippen LogP) is 0.975. The van der Waals surface area contributed by atoms with Gasteiger partial charge in [0, 0.05) is 7.05 Å². The van der Waals surface area contributed by atoms with Gasteiger partial charge in [0.1, 0.15) is 5.69 Å². The number of nitrogens with one attached hydrogen (secondary N) is 1. The van der Waals surface area contributed by atoms with Crippen molar-refractivity contribution in [2.24, 2.45) is 7.05 Å². The Morgan fingerprint density at radius 1 is 1.38 bits per heavy atom. The van der Waals surface area contributed by atoms with Gasteiger partial charge in [0.25, 0.3) is 5.91 Å². The van der Waals surface area contributed by atoms with Crippen LogP contribution in [0.25, 0.3) is 0 Å². The van der Waals surface area contributed by atoms with Crippen LogP contribution in [0.1, 0.15) is 29.0 Å². The van der Waals surface area contributed by atoms with Crippen LogP contribution < -0.4 is 5.32 Å². The number of ether oxygens (including phenoxy) is 1. The second-order valence-electron chi connectivity index (χ2n) is 5.80. The number of carbonyl (C=O) groups excluding carboxylic acids is 1. The second kappa shape index (κ2) is 5.94. The number of likely N-dealkylation sites (tertiary alicyclic amines) is 1. The lowest BCUT2D eigenvalue weighted by molar-refractivity contribution is 0.0907. The summed E-state index contributed by atoms with van der Waals surface area (Å²) in [5.41, 5.74) is 1.09. The summed E-state index contributed by atoms with van der Waals surface area (Å²) >= 11 is 6.17. The molecule has 1 aromatic rings. The molecule has 2 fully saturated rings. The Kier molecular flexibility index (Phi) is 4.19. The maximum atomic E-state index is 12.5. The number of nitrogens with zero attached hydrogens (tertiary/aromatic N) is 3. The molecule has 7 heteroatoms. The Morgan fingerprint density at radius 2 is 2.10 bits per heavy atom. The van der Waals surface area contributed by atoms with E-state index in [1.54, 1.807) is 14.0 Å². The average Bonchev–Trinajstić information content (AvgIpc) is 3.12. The third-order valence-electron chi connectivity index (χ3n) is 4.34. The molecule has 1 N–H and O–H groups in total. The quantitative estimate of drug-likeness (QED) is 0.904. The minimum Gasteiger partial charge on any atom is -0.378 e. The van der Waals surface area contributed by atoms with E-state index in [-0.39, 0.29) is 18.0 Å². The number of hydrogen-bond donors (Lipinski definition) is 1. The van der Waals surface area contributed by atoms with Gasteiger partial charge in [-0.3, -0.25) is 14.4 Å². The number of aryl methyl sites for hydroxylation is 2. The highest BCUT2D eigenvalue weighted by molar-refractivity contribution is 6.34. The molecule has 6 nitrogen and oxygen atoms in total. The van der Waals surface area contributed by atoms with Crippen molar-refractivity contribution >= 4 is 17.5 Å². The van der Waals surface area contributed by atoms with Crippen molar-refractivity contribution in [2.75, 3.05) is 26.3 Å². The lowest BCUT2D eigenvalue weighted by atomic mass is 10.1. The molecule has 0 spiro atoms. The van der Waals surface area contributed by atoms with Crippen molar-refractivity contribution in [1.82, 2.24) is 20.0 Å². The minimum atomic E-state index is -0.178. The van der Waals surface area contributed by atoms with Crippen LogP contribution in [0, 0.1) is 6.92 Å². The van der Waals surface area contributed by atoms with Gasteiger partial charge in [0.05, 0.1) is 36.0 Å². The lowest BCUT2D eigenvalue weighted by Gasteiger charge is -2.27. The van der Waals surface area contributed by atoms with Crippen molar-refractivity contribution in [3.63, 3.8) is 0 Å². The molecule has 0 radical (unpaired) electrons. The van der Waals surface area contributed by atoms with Gasteiger partial charge in [0.15, 0.2) is 0 Å². The van der Waals surface area contributed by atoms with E-state index in [0.29, 0.717) is 29.6 Å². The molecule has 1 amide bonds. The number of halogens is 1. The second-order valence-corrected chi connectivity index (χ2v) is 6.18. The fourth-order valence-corrected chi connectivity index (χ4v) is 3.48. The van der Waals surface area contributed by atoms with Crippen molar-refractivity contribution in [3.8, 4) is 0 Å². The molecule has 116 valence electrons. The van der Waals surface area contributed by atoms with Gasteiger partial charge in [-0.05, 0) is 32.9 Å². The zero-order valence-electron chi connectivity index (χ0n) is 12.4. The molecule has 1 aromatic heterocycles. The van der Waals surface area contributed by atoms with E-state index in [2.05, 4.69) is 15.3 Å². The van der Waals surface area contributed by atoms with Gasteiger partial charge in [-0.1, -0.05) is 11.6 Å². The Bertz CT molecular complexity index is 539. The maximum Gasteiger partial charge on any atom is 0.271 e.